The number of aliphatic hydroxyl groups is 2. The highest BCUT2D eigenvalue weighted by atomic mass is 32.2. The molecule has 0 spiro atoms. The van der Waals surface area contributed by atoms with Gasteiger partial charge in [0, 0.05) is 86.8 Å². The van der Waals surface area contributed by atoms with Gasteiger partial charge in [-0.15, -0.1) is 23.5 Å². The Balaban J connectivity index is -0.000000209. The van der Waals surface area contributed by atoms with Crippen LogP contribution in [0.25, 0.3) is 0 Å². The number of carboxylic acid groups (broad SMARTS) is 3. The number of imide groups is 4. The summed E-state index contributed by atoms with van der Waals surface area (Å²) in [5.41, 5.74) is 8.79. The molecule has 0 unspecified atom stereocenters. The van der Waals surface area contributed by atoms with Crippen molar-refractivity contribution in [2.45, 2.75) is 142 Å². The van der Waals surface area contributed by atoms with E-state index in [9.17, 15) is 86.6 Å². The molecule has 0 aliphatic carbocycles. The summed E-state index contributed by atoms with van der Waals surface area (Å²) in [5.74, 6) is -7.40. The van der Waals surface area contributed by atoms with Crippen molar-refractivity contribution in [2.24, 2.45) is 11.5 Å². The number of alkyl carbamates (subject to hydrolysis) is 3. The van der Waals surface area contributed by atoms with Gasteiger partial charge in [0.05, 0.1) is 55.1 Å². The molecule has 0 aromatic rings. The average molecular weight is 1600 g/mol. The quantitative estimate of drug-likeness (QED) is 0.0211. The lowest BCUT2D eigenvalue weighted by Gasteiger charge is -2.20. The monoisotopic (exact) mass is 1600 g/mol. The van der Waals surface area contributed by atoms with Crippen molar-refractivity contribution in [3.8, 4) is 0 Å². The lowest BCUT2D eigenvalue weighted by molar-refractivity contribution is -0.157. The minimum absolute atomic E-state index is 0. The van der Waals surface area contributed by atoms with Gasteiger partial charge >= 0.3 is 48.1 Å². The number of aliphatic carboxylic acids is 3. The van der Waals surface area contributed by atoms with E-state index in [2.05, 4.69) is 26.0 Å². The van der Waals surface area contributed by atoms with Crippen molar-refractivity contribution in [1.82, 2.24) is 40.9 Å². The minimum Gasteiger partial charge on any atom is -0.481 e. The van der Waals surface area contributed by atoms with Crippen molar-refractivity contribution < 1.29 is 140 Å². The lowest BCUT2D eigenvalue weighted by atomic mass is 10.2. The second-order valence-electron chi connectivity index (χ2n) is 22.9. The minimum atomic E-state index is -1.79. The molecule has 0 bridgehead atoms. The number of esters is 2. The number of amides is 12. The van der Waals surface area contributed by atoms with E-state index in [0.717, 1.165) is 31.4 Å². The summed E-state index contributed by atoms with van der Waals surface area (Å²) in [5, 5.41) is 51.7. The molecule has 5 heterocycles. The maximum Gasteiger partial charge on any atom is 0.407 e. The van der Waals surface area contributed by atoms with Gasteiger partial charge in [0.1, 0.15) is 41.2 Å². The molecule has 0 aromatic heterocycles. The van der Waals surface area contributed by atoms with Crippen LogP contribution >= 0.6 is 91.0 Å². The number of methoxy groups -OCH3 is 3. The Labute approximate surface area is 632 Å². The number of rotatable bonds is 23. The molecule has 5 aliphatic rings. The number of thioether (sulfide) groups is 2. The van der Waals surface area contributed by atoms with E-state index in [-0.39, 0.29) is 186 Å². The highest BCUT2D eigenvalue weighted by Crippen LogP contribution is 2.18. The maximum atomic E-state index is 11.7. The Morgan fingerprint density at radius 1 is 0.500 bits per heavy atom. The number of nitrogens with zero attached hydrogens (tertiary/aromatic N) is 4. The Morgan fingerprint density at radius 3 is 1.07 bits per heavy atom. The number of carbonyl (C=O) groups is 17. The van der Waals surface area contributed by atoms with Gasteiger partial charge in [0.2, 0.25) is 29.5 Å². The van der Waals surface area contributed by atoms with Crippen molar-refractivity contribution >= 4 is 192 Å². The summed E-state index contributed by atoms with van der Waals surface area (Å²) in [6.07, 6.45) is -7.38. The van der Waals surface area contributed by atoms with Crippen molar-refractivity contribution in [2.75, 3.05) is 110 Å². The Kier molecular flexibility index (Phi) is 59.8. The summed E-state index contributed by atoms with van der Waals surface area (Å²) in [7, 11) is 4.17. The average Bonchev–Trinajstić information content (AvgIpc) is 1.72. The van der Waals surface area contributed by atoms with E-state index >= 15 is 0 Å². The van der Waals surface area contributed by atoms with Crippen LogP contribution in [0, 0.1) is 0 Å². The molecule has 0 radical (unpaired) electrons. The fourth-order valence-electron chi connectivity index (χ4n) is 7.15. The van der Waals surface area contributed by atoms with Gasteiger partial charge in [0.25, 0.3) is 23.6 Å². The van der Waals surface area contributed by atoms with Crippen molar-refractivity contribution in [3.05, 3.63) is 0 Å². The molecule has 12 amide bonds. The zero-order valence-corrected chi connectivity index (χ0v) is 65.2. The molecular weight excluding hydrogens is 1500 g/mol. The molecular formula is C56H102N10O29S7. The SMILES string of the molecule is CC(C)(C)OC(=O)NCCN.CC(C)(C)OC(=O)NCCN1C(=O)C[C@H](O)C1=O.CO[C@H]1CC(=O)N(CCN)C1=O.CO[C@H]1CC(=O)N(CCNC(=O)CSCC(=O)O)C1=O.CO[C@H]1CC(=O)N(CCNC(=O)OC(C)(C)C)C1=O.O=C(O)C[C@H](O)C(=O)O.O=C1CSCC(=O)O1.S.S.S.S.S. The number of ether oxygens (including phenoxy) is 7. The van der Waals surface area contributed by atoms with Gasteiger partial charge < -0.3 is 91.4 Å². The third kappa shape index (κ3) is 49.3. The predicted molar refractivity (Wildman–Crippen MR) is 389 cm³/mol. The number of aliphatic hydroxyl groups excluding tert-OH is 2. The summed E-state index contributed by atoms with van der Waals surface area (Å²) in [6.45, 7) is 18.0. The number of hydrogen-bond donors (Lipinski definition) is 11. The smallest absolute Gasteiger partial charge is 0.407 e. The van der Waals surface area contributed by atoms with Crippen LogP contribution in [0.5, 0.6) is 0 Å². The number of carboxylic acids is 3. The van der Waals surface area contributed by atoms with Crippen LogP contribution in [0.3, 0.4) is 0 Å². The second kappa shape index (κ2) is 56.0. The third-order valence-corrected chi connectivity index (χ3v) is 13.1. The summed E-state index contributed by atoms with van der Waals surface area (Å²) < 4.78 is 33.7. The van der Waals surface area contributed by atoms with Crippen molar-refractivity contribution in [3.63, 3.8) is 0 Å². The largest absolute Gasteiger partial charge is 0.481 e. The van der Waals surface area contributed by atoms with Crippen LogP contribution in [0.1, 0.15) is 94.4 Å². The van der Waals surface area contributed by atoms with Crippen LogP contribution in [0.4, 0.5) is 14.4 Å². The molecule has 5 atom stereocenters. The lowest BCUT2D eigenvalue weighted by Crippen LogP contribution is -2.40. The molecule has 0 saturated carbocycles. The molecule has 39 nitrogen and oxygen atoms in total. The molecule has 13 N–H and O–H groups in total. The zero-order chi connectivity index (χ0) is 75.1. The molecule has 5 fully saturated rings. The highest BCUT2D eigenvalue weighted by Gasteiger charge is 2.41. The fourth-order valence-corrected chi connectivity index (χ4v) is 8.26. The van der Waals surface area contributed by atoms with Crippen LogP contribution in [0.2, 0.25) is 0 Å². The third-order valence-electron chi connectivity index (χ3n) is 11.3. The van der Waals surface area contributed by atoms with Gasteiger partial charge in [-0.25, -0.2) is 19.2 Å². The standard InChI is InChI=1S/C12H20N2O5.C11H16N2O6S.C11H18N2O5.C7H12N2O3.C7H16N2O2.C4H6O5.C4H4O3S.5H2S/c1-12(2,3)19-11(17)13-5-6-14-9(15)7-8(18-4)10(14)16;1-19-7-4-9(15)13(11(7)18)3-2-12-8(14)5-20-6-10(16)17;1-11(2,3)18-10(17)12-4-5-13-8(15)6-7(14)9(13)16;1-12-5-4-6(10)9(3-2-8)7(5)11;1-7(2,3)11-6(10)9-5-4-8;5-2(4(8)9)1-3(6)7;5-3-1-8-2-4(6)7-3;;;;;/h8H,5-7H2,1-4H3,(H,13,17);7H,2-6H2,1H3,(H,12,14)(H,16,17);7,14H,4-6H2,1-3H3,(H,12,17);5H,2-4,8H2,1H3;4-5,8H2,1-3H3,(H,9,10);2,5H,1H2,(H,6,7)(H,8,9);1-2H2;5*1H2/t8-;2*7-;5-;;2-;;;;;;/m0000.0....../s1. The molecule has 102 heavy (non-hydrogen) atoms. The van der Waals surface area contributed by atoms with Gasteiger partial charge in [-0.1, -0.05) is 0 Å². The Hall–Kier alpha value is -6.44. The number of nitrogens with two attached hydrogens (primary N) is 2. The first-order valence-corrected chi connectivity index (χ1v) is 31.6. The normalized spacial score (nSPS) is 17.6. The summed E-state index contributed by atoms with van der Waals surface area (Å²) in [4.78, 5) is 191. The van der Waals surface area contributed by atoms with E-state index < -0.39 is 120 Å². The number of carbonyl (C=O) groups excluding carboxylic acids is 14. The maximum absolute atomic E-state index is 11.7. The first-order valence-electron chi connectivity index (χ1n) is 29.3. The number of nitrogens with one attached hydrogen (secondary N) is 4. The van der Waals surface area contributed by atoms with Gasteiger partial charge in [-0.2, -0.15) is 67.5 Å². The summed E-state index contributed by atoms with van der Waals surface area (Å²) >= 11 is 2.27. The van der Waals surface area contributed by atoms with Crippen molar-refractivity contribution in [1.29, 1.82) is 0 Å². The molecule has 0 aromatic carbocycles. The Bertz CT molecular complexity index is 2730. The fraction of sp³-hybridized carbons (Fsp3) is 0.696. The van der Waals surface area contributed by atoms with E-state index in [1.54, 1.807) is 41.5 Å². The zero-order valence-electron chi connectivity index (χ0n) is 58.6. The van der Waals surface area contributed by atoms with Crippen LogP contribution in [-0.2, 0) is 100 Å². The predicted octanol–water partition coefficient (Wildman–Crippen LogP) is -2.93. The second-order valence-corrected chi connectivity index (χ2v) is 24.9. The van der Waals surface area contributed by atoms with E-state index in [1.165, 1.54) is 33.1 Å². The number of cyclic esters (lactones) is 2. The first-order chi connectivity index (χ1) is 44.9. The molecule has 5 aliphatic heterocycles. The first kappa shape index (κ1) is 109. The Morgan fingerprint density at radius 2 is 0.824 bits per heavy atom. The van der Waals surface area contributed by atoms with Crippen LogP contribution in [-0.4, -0.2) is 304 Å². The van der Waals surface area contributed by atoms with Crippen LogP contribution < -0.4 is 32.7 Å². The van der Waals surface area contributed by atoms with E-state index in [1.807, 2.05) is 20.8 Å². The molecule has 592 valence electrons. The number of likely N-dealkylation sites (tertiary alicyclic amines) is 4. The van der Waals surface area contributed by atoms with Crippen LogP contribution in [0.15, 0.2) is 0 Å². The van der Waals surface area contributed by atoms with Gasteiger partial charge in [-0.3, -0.25) is 81.9 Å². The summed E-state index contributed by atoms with van der Waals surface area (Å²) in [6, 6.07) is 0. The molecule has 5 saturated heterocycles. The van der Waals surface area contributed by atoms with E-state index in [4.69, 9.17) is 60.3 Å². The molecule has 46 heteroatoms. The van der Waals surface area contributed by atoms with E-state index in [0.29, 0.717) is 31.1 Å². The number of hydrogen-bond acceptors (Lipinski definition) is 30. The molecule has 5 rings (SSSR count). The highest BCUT2D eigenvalue weighted by molar-refractivity contribution is 8.00. The topological polar surface area (TPSA) is 569 Å². The van der Waals surface area contributed by atoms with Gasteiger partial charge in [-0.05, 0) is 62.3 Å². The van der Waals surface area contributed by atoms with Gasteiger partial charge in [0.15, 0.2) is 6.10 Å².